The Labute approximate surface area is 161 Å². The van der Waals surface area contributed by atoms with E-state index < -0.39 is 6.61 Å². The summed E-state index contributed by atoms with van der Waals surface area (Å²) >= 11 is 0. The monoisotopic (exact) mass is 389 g/mol. The van der Waals surface area contributed by atoms with E-state index in [0.717, 1.165) is 30.6 Å². The Bertz CT molecular complexity index is 841. The number of rotatable bonds is 4. The fraction of sp³-hybridized carbons (Fsp3) is 0.381. The van der Waals surface area contributed by atoms with E-state index in [9.17, 15) is 13.6 Å². The maximum absolute atomic E-state index is 13.0. The molecule has 0 aromatic heterocycles. The molecule has 28 heavy (non-hydrogen) atoms. The summed E-state index contributed by atoms with van der Waals surface area (Å²) in [4.78, 5) is 14.8. The molecule has 0 saturated carbocycles. The molecule has 0 aliphatic carbocycles. The summed E-state index contributed by atoms with van der Waals surface area (Å²) in [5, 5.41) is 0. The molecule has 0 unspecified atom stereocenters. The fourth-order valence-corrected chi connectivity index (χ4v) is 3.69. The number of fused-ring (bicyclic) bond motifs is 1. The van der Waals surface area contributed by atoms with E-state index in [4.69, 9.17) is 9.47 Å². The Morgan fingerprint density at radius 3 is 2.54 bits per heavy atom. The highest BCUT2D eigenvalue weighted by Crippen LogP contribution is 2.38. The van der Waals surface area contributed by atoms with Crippen LogP contribution in [0.15, 0.2) is 42.5 Å². The van der Waals surface area contributed by atoms with Crippen molar-refractivity contribution < 1.29 is 27.8 Å². The molecule has 0 N–H and O–H groups in total. The highest BCUT2D eigenvalue weighted by molar-refractivity contribution is 5.94. The number of alkyl halides is 2. The third-order valence-corrected chi connectivity index (χ3v) is 5.00. The van der Waals surface area contributed by atoms with E-state index >= 15 is 0 Å². The minimum absolute atomic E-state index is 0.0347. The number of hydrogen-bond acceptors (Lipinski definition) is 4. The molecule has 2 aliphatic heterocycles. The minimum atomic E-state index is -2.89. The molecule has 1 fully saturated rings. The molecular weight excluding hydrogens is 368 g/mol. The van der Waals surface area contributed by atoms with Gasteiger partial charge in [-0.05, 0) is 54.8 Å². The molecule has 2 heterocycles. The molecule has 1 atom stereocenters. The number of nitrogens with zero attached hydrogens (tertiary/aromatic N) is 1. The Morgan fingerprint density at radius 1 is 1.04 bits per heavy atom. The van der Waals surface area contributed by atoms with Crippen LogP contribution < -0.4 is 14.2 Å². The summed E-state index contributed by atoms with van der Waals surface area (Å²) in [5.74, 6) is 1.35. The molecule has 0 radical (unpaired) electrons. The number of benzene rings is 2. The first kappa shape index (κ1) is 18.5. The molecular formula is C21H21F2NO4. The van der Waals surface area contributed by atoms with Gasteiger partial charge in [0.05, 0.1) is 19.3 Å². The summed E-state index contributed by atoms with van der Waals surface area (Å²) in [6.07, 6.45) is 2.60. The fourth-order valence-electron chi connectivity index (χ4n) is 3.69. The highest BCUT2D eigenvalue weighted by Gasteiger charge is 2.31. The van der Waals surface area contributed by atoms with Gasteiger partial charge in [0.25, 0.3) is 5.91 Å². The van der Waals surface area contributed by atoms with Gasteiger partial charge in [0, 0.05) is 18.5 Å². The van der Waals surface area contributed by atoms with Crippen LogP contribution in [-0.4, -0.2) is 37.2 Å². The van der Waals surface area contributed by atoms with Crippen LogP contribution >= 0.6 is 0 Å². The minimum Gasteiger partial charge on any atom is -0.490 e. The Morgan fingerprint density at radius 2 is 1.79 bits per heavy atom. The normalized spacial score (nSPS) is 18.8. The first-order chi connectivity index (χ1) is 13.6. The van der Waals surface area contributed by atoms with Crippen LogP contribution in [0.25, 0.3) is 0 Å². The number of likely N-dealkylation sites (tertiary alicyclic amines) is 1. The zero-order valence-electron chi connectivity index (χ0n) is 15.3. The molecule has 7 heteroatoms. The average molecular weight is 389 g/mol. The second-order valence-electron chi connectivity index (χ2n) is 6.82. The summed E-state index contributed by atoms with van der Waals surface area (Å²) in [7, 11) is 0. The van der Waals surface area contributed by atoms with Crippen LogP contribution in [0, 0.1) is 0 Å². The van der Waals surface area contributed by atoms with Gasteiger partial charge in [-0.25, -0.2) is 0 Å². The summed E-state index contributed by atoms with van der Waals surface area (Å²) in [6.45, 7) is -1.00. The molecule has 0 bridgehead atoms. The number of hydrogen-bond donors (Lipinski definition) is 0. The van der Waals surface area contributed by atoms with Crippen molar-refractivity contribution in [3.8, 4) is 17.2 Å². The third kappa shape index (κ3) is 3.88. The van der Waals surface area contributed by atoms with E-state index in [0.29, 0.717) is 31.1 Å². The number of carbonyl (C=O) groups is 1. The number of amides is 1. The van der Waals surface area contributed by atoms with Gasteiger partial charge in [-0.1, -0.05) is 6.07 Å². The topological polar surface area (TPSA) is 48.0 Å². The second-order valence-corrected chi connectivity index (χ2v) is 6.82. The number of halogens is 2. The predicted molar refractivity (Wildman–Crippen MR) is 98.1 cm³/mol. The largest absolute Gasteiger partial charge is 0.490 e. The van der Waals surface area contributed by atoms with Crippen molar-refractivity contribution >= 4 is 5.91 Å². The molecule has 2 aromatic rings. The molecule has 2 aromatic carbocycles. The zero-order chi connectivity index (χ0) is 19.5. The van der Waals surface area contributed by atoms with Gasteiger partial charge in [-0.2, -0.15) is 8.78 Å². The van der Waals surface area contributed by atoms with E-state index in [2.05, 4.69) is 4.74 Å². The summed E-state index contributed by atoms with van der Waals surface area (Å²) in [6, 6.07) is 11.6. The zero-order valence-corrected chi connectivity index (χ0v) is 15.3. The lowest BCUT2D eigenvalue weighted by Gasteiger charge is -2.26. The van der Waals surface area contributed by atoms with Crippen LogP contribution in [0.5, 0.6) is 17.2 Å². The molecule has 5 nitrogen and oxygen atoms in total. The third-order valence-electron chi connectivity index (χ3n) is 5.00. The smallest absolute Gasteiger partial charge is 0.387 e. The Hall–Kier alpha value is -2.83. The van der Waals surface area contributed by atoms with E-state index in [1.807, 2.05) is 23.1 Å². The van der Waals surface area contributed by atoms with Crippen molar-refractivity contribution in [3.05, 3.63) is 53.6 Å². The number of carbonyl (C=O) groups excluding carboxylic acids is 1. The lowest BCUT2D eigenvalue weighted by molar-refractivity contribution is -0.0498. The lowest BCUT2D eigenvalue weighted by Crippen LogP contribution is -2.30. The highest BCUT2D eigenvalue weighted by atomic mass is 19.3. The summed E-state index contributed by atoms with van der Waals surface area (Å²) < 4.78 is 40.4. The van der Waals surface area contributed by atoms with Gasteiger partial charge >= 0.3 is 6.61 Å². The molecule has 0 spiro atoms. The van der Waals surface area contributed by atoms with Crippen LogP contribution in [-0.2, 0) is 0 Å². The van der Waals surface area contributed by atoms with Crippen molar-refractivity contribution in [2.45, 2.75) is 31.9 Å². The van der Waals surface area contributed by atoms with E-state index in [1.54, 1.807) is 0 Å². The molecule has 2 aliphatic rings. The van der Waals surface area contributed by atoms with Crippen molar-refractivity contribution in [1.82, 2.24) is 4.90 Å². The standard InChI is InChI=1S/C21H21F2NO4/c22-21(23)28-16-7-4-14(5-8-16)20(25)24-10-1-3-17(24)15-6-9-18-19(13-15)27-12-2-11-26-18/h4-9,13,17,21H,1-3,10-12H2/t17-/m0/s1. The Kier molecular flexibility index (Phi) is 5.32. The van der Waals surface area contributed by atoms with Crippen molar-refractivity contribution in [3.63, 3.8) is 0 Å². The van der Waals surface area contributed by atoms with Gasteiger partial charge in [0.2, 0.25) is 0 Å². The SMILES string of the molecule is O=C(c1ccc(OC(F)F)cc1)N1CCC[C@H]1c1ccc2c(c1)OCCCO2. The van der Waals surface area contributed by atoms with Gasteiger partial charge in [0.1, 0.15) is 5.75 Å². The lowest BCUT2D eigenvalue weighted by atomic mass is 10.0. The predicted octanol–water partition coefficient (Wildman–Crippen LogP) is 4.43. The summed E-state index contributed by atoms with van der Waals surface area (Å²) in [5.41, 5.74) is 1.45. The first-order valence-electron chi connectivity index (χ1n) is 9.37. The van der Waals surface area contributed by atoms with E-state index in [-0.39, 0.29) is 17.7 Å². The van der Waals surface area contributed by atoms with E-state index in [1.165, 1.54) is 24.3 Å². The molecule has 1 amide bonds. The molecule has 148 valence electrons. The van der Waals surface area contributed by atoms with Gasteiger partial charge in [-0.3, -0.25) is 4.79 Å². The first-order valence-corrected chi connectivity index (χ1v) is 9.37. The van der Waals surface area contributed by atoms with Crippen LogP contribution in [0.2, 0.25) is 0 Å². The van der Waals surface area contributed by atoms with Gasteiger partial charge in [0.15, 0.2) is 11.5 Å². The van der Waals surface area contributed by atoms with Gasteiger partial charge < -0.3 is 19.1 Å². The van der Waals surface area contributed by atoms with Crippen LogP contribution in [0.4, 0.5) is 8.78 Å². The average Bonchev–Trinajstić information content (AvgIpc) is 3.06. The van der Waals surface area contributed by atoms with Crippen molar-refractivity contribution in [1.29, 1.82) is 0 Å². The van der Waals surface area contributed by atoms with Gasteiger partial charge in [-0.15, -0.1) is 0 Å². The van der Waals surface area contributed by atoms with Crippen molar-refractivity contribution in [2.75, 3.05) is 19.8 Å². The maximum Gasteiger partial charge on any atom is 0.387 e. The molecule has 1 saturated heterocycles. The number of ether oxygens (including phenoxy) is 3. The second kappa shape index (κ2) is 8.04. The Balaban J connectivity index is 1.53. The van der Waals surface area contributed by atoms with Crippen LogP contribution in [0.3, 0.4) is 0 Å². The maximum atomic E-state index is 13.0. The van der Waals surface area contributed by atoms with Crippen molar-refractivity contribution in [2.24, 2.45) is 0 Å². The van der Waals surface area contributed by atoms with Crippen LogP contribution in [0.1, 0.15) is 41.2 Å². The quantitative estimate of drug-likeness (QED) is 0.776. The molecule has 4 rings (SSSR count).